The van der Waals surface area contributed by atoms with Gasteiger partial charge < -0.3 is 20.5 Å². The van der Waals surface area contributed by atoms with Crippen molar-refractivity contribution < 1.29 is 14.1 Å². The average molecular weight is 495 g/mol. The predicted octanol–water partition coefficient (Wildman–Crippen LogP) is 2.76. The maximum absolute atomic E-state index is 12.1. The molecule has 1 aliphatic carbocycles. The van der Waals surface area contributed by atoms with Gasteiger partial charge in [0.1, 0.15) is 11.5 Å². The highest BCUT2D eigenvalue weighted by Crippen LogP contribution is 2.24. The molecule has 1 aromatic carbocycles. The number of aromatic hydroxyl groups is 1. The van der Waals surface area contributed by atoms with E-state index in [2.05, 4.69) is 15.6 Å². The first-order chi connectivity index (χ1) is 12.1. The van der Waals surface area contributed by atoms with Gasteiger partial charge in [0.2, 0.25) is 0 Å². The van der Waals surface area contributed by atoms with Crippen molar-refractivity contribution in [1.82, 2.24) is 10.6 Å². The van der Waals surface area contributed by atoms with Crippen molar-refractivity contribution in [2.45, 2.75) is 50.4 Å². The molecule has 3 atom stereocenters. The lowest BCUT2D eigenvalue weighted by Crippen LogP contribution is -2.46. The second-order valence-electron chi connectivity index (χ2n) is 6.22. The van der Waals surface area contributed by atoms with Crippen LogP contribution in [0.5, 0.6) is 11.5 Å². The summed E-state index contributed by atoms with van der Waals surface area (Å²) >= 11 is 0. The third-order valence-corrected chi connectivity index (χ3v) is 6.32. The molecule has 1 aliphatic rings. The van der Waals surface area contributed by atoms with Crippen LogP contribution < -0.4 is 15.4 Å². The van der Waals surface area contributed by atoms with Crippen LogP contribution in [-0.2, 0) is 17.3 Å². The summed E-state index contributed by atoms with van der Waals surface area (Å²) in [6, 6.07) is 5.43. The standard InChI is InChI=1S/C18H29N3O3S.HI/c1-4-25(23)16-7-5-6-14(11-16)21-18(19-2)20-12-13-10-15(24-3)8-9-17(13)22;/h8-10,14,16,22H,4-7,11-12H2,1-3H3,(H2,19,20,21);1H. The van der Waals surface area contributed by atoms with E-state index in [0.717, 1.165) is 37.0 Å². The van der Waals surface area contributed by atoms with Crippen LogP contribution in [0.2, 0.25) is 0 Å². The number of nitrogens with zero attached hydrogens (tertiary/aromatic N) is 1. The van der Waals surface area contributed by atoms with Crippen molar-refractivity contribution in [2.75, 3.05) is 19.9 Å². The fraction of sp³-hybridized carbons (Fsp3) is 0.611. The van der Waals surface area contributed by atoms with Gasteiger partial charge in [0.05, 0.1) is 7.11 Å². The molecule has 0 amide bonds. The van der Waals surface area contributed by atoms with Crippen LogP contribution >= 0.6 is 24.0 Å². The fourth-order valence-corrected chi connectivity index (χ4v) is 4.50. The van der Waals surface area contributed by atoms with E-state index < -0.39 is 10.8 Å². The number of benzene rings is 1. The van der Waals surface area contributed by atoms with Gasteiger partial charge in [-0.25, -0.2) is 0 Å². The minimum Gasteiger partial charge on any atom is -0.508 e. The molecule has 0 aliphatic heterocycles. The third kappa shape index (κ3) is 6.61. The van der Waals surface area contributed by atoms with E-state index >= 15 is 0 Å². The smallest absolute Gasteiger partial charge is 0.191 e. The molecule has 3 unspecified atom stereocenters. The summed E-state index contributed by atoms with van der Waals surface area (Å²) in [7, 11) is 2.59. The van der Waals surface area contributed by atoms with Crippen molar-refractivity contribution in [3.8, 4) is 11.5 Å². The number of hydrogen-bond acceptors (Lipinski definition) is 4. The normalized spacial score (nSPS) is 21.4. The van der Waals surface area contributed by atoms with Gasteiger partial charge in [-0.15, -0.1) is 24.0 Å². The lowest BCUT2D eigenvalue weighted by Gasteiger charge is -2.30. The molecule has 0 heterocycles. The van der Waals surface area contributed by atoms with Gasteiger partial charge in [-0.1, -0.05) is 13.3 Å². The first-order valence-electron chi connectivity index (χ1n) is 8.77. The molecule has 6 nitrogen and oxygen atoms in total. The molecule has 2 rings (SSSR count). The Kier molecular flexibility index (Phi) is 10.3. The number of nitrogens with one attached hydrogen (secondary N) is 2. The Morgan fingerprint density at radius 2 is 2.19 bits per heavy atom. The Labute approximate surface area is 175 Å². The Morgan fingerprint density at radius 3 is 2.85 bits per heavy atom. The molecule has 1 fully saturated rings. The molecule has 148 valence electrons. The van der Waals surface area contributed by atoms with Gasteiger partial charge in [0.15, 0.2) is 5.96 Å². The number of rotatable bonds is 6. The van der Waals surface area contributed by atoms with Gasteiger partial charge >= 0.3 is 0 Å². The number of ether oxygens (including phenoxy) is 1. The number of phenols is 1. The average Bonchev–Trinajstić information content (AvgIpc) is 2.65. The van der Waals surface area contributed by atoms with Gasteiger partial charge in [0.25, 0.3) is 0 Å². The molecule has 0 aromatic heterocycles. The number of phenolic OH excluding ortho intramolecular Hbond substituents is 1. The maximum atomic E-state index is 12.1. The lowest BCUT2D eigenvalue weighted by molar-refractivity contribution is 0.409. The molecule has 26 heavy (non-hydrogen) atoms. The van der Waals surface area contributed by atoms with E-state index in [1.165, 1.54) is 0 Å². The Balaban J connectivity index is 0.00000338. The van der Waals surface area contributed by atoms with Gasteiger partial charge in [0, 0.05) is 47.0 Å². The fourth-order valence-electron chi connectivity index (χ4n) is 3.15. The highest BCUT2D eigenvalue weighted by atomic mass is 127. The molecule has 8 heteroatoms. The van der Waals surface area contributed by atoms with Crippen LogP contribution in [0, 0.1) is 0 Å². The Hall–Kier alpha value is -1.03. The molecule has 0 radical (unpaired) electrons. The van der Waals surface area contributed by atoms with E-state index in [1.54, 1.807) is 32.4 Å². The van der Waals surface area contributed by atoms with Crippen LogP contribution in [0.4, 0.5) is 0 Å². The second-order valence-corrected chi connectivity index (χ2v) is 8.23. The number of aliphatic imine (C=N–C) groups is 1. The summed E-state index contributed by atoms with van der Waals surface area (Å²) in [5.41, 5.74) is 0.746. The zero-order valence-corrected chi connectivity index (χ0v) is 18.8. The van der Waals surface area contributed by atoms with Gasteiger partial charge in [-0.05, 0) is 37.5 Å². The molecule has 1 aromatic rings. The maximum Gasteiger partial charge on any atom is 0.191 e. The van der Waals surface area contributed by atoms with Crippen LogP contribution in [0.1, 0.15) is 38.2 Å². The largest absolute Gasteiger partial charge is 0.508 e. The monoisotopic (exact) mass is 495 g/mol. The van der Waals surface area contributed by atoms with Gasteiger partial charge in [-0.2, -0.15) is 0 Å². The molecule has 3 N–H and O–H groups in total. The third-order valence-electron chi connectivity index (χ3n) is 4.58. The van der Waals surface area contributed by atoms with Gasteiger partial charge in [-0.3, -0.25) is 9.20 Å². The lowest BCUT2D eigenvalue weighted by atomic mass is 9.95. The zero-order valence-electron chi connectivity index (χ0n) is 15.7. The number of guanidine groups is 1. The molecule has 0 spiro atoms. The first kappa shape index (κ1) is 23.0. The van der Waals surface area contributed by atoms with Crippen LogP contribution in [-0.4, -0.2) is 46.5 Å². The Morgan fingerprint density at radius 1 is 1.42 bits per heavy atom. The first-order valence-corrected chi connectivity index (χ1v) is 10.2. The van der Waals surface area contributed by atoms with Crippen molar-refractivity contribution in [3.05, 3.63) is 23.8 Å². The number of methoxy groups -OCH3 is 1. The summed E-state index contributed by atoms with van der Waals surface area (Å²) in [6.45, 7) is 2.42. The zero-order chi connectivity index (χ0) is 18.2. The predicted molar refractivity (Wildman–Crippen MR) is 118 cm³/mol. The molecule has 0 saturated heterocycles. The molecule has 0 bridgehead atoms. The van der Waals surface area contributed by atoms with E-state index in [1.807, 2.05) is 6.92 Å². The van der Waals surface area contributed by atoms with Crippen molar-refractivity contribution in [1.29, 1.82) is 0 Å². The second kappa shape index (κ2) is 11.6. The van der Waals surface area contributed by atoms with E-state index in [-0.39, 0.29) is 41.0 Å². The van der Waals surface area contributed by atoms with E-state index in [4.69, 9.17) is 4.74 Å². The summed E-state index contributed by atoms with van der Waals surface area (Å²) in [5.74, 6) is 2.34. The summed E-state index contributed by atoms with van der Waals surface area (Å²) in [5, 5.41) is 16.9. The molecular weight excluding hydrogens is 465 g/mol. The highest BCUT2D eigenvalue weighted by Gasteiger charge is 2.26. The number of hydrogen-bond donors (Lipinski definition) is 3. The van der Waals surface area contributed by atoms with Crippen LogP contribution in [0.25, 0.3) is 0 Å². The summed E-state index contributed by atoms with van der Waals surface area (Å²) in [4.78, 5) is 4.27. The van der Waals surface area contributed by atoms with Crippen molar-refractivity contribution >= 4 is 40.7 Å². The van der Waals surface area contributed by atoms with Crippen LogP contribution in [0.3, 0.4) is 0 Å². The molecule has 1 saturated carbocycles. The van der Waals surface area contributed by atoms with E-state index in [0.29, 0.717) is 18.3 Å². The SMILES string of the molecule is CCS(=O)C1CCCC(NC(=NC)NCc2cc(OC)ccc2O)C1.I. The molecular formula is C18H30IN3O3S. The minimum absolute atomic E-state index is 0. The minimum atomic E-state index is -0.738. The highest BCUT2D eigenvalue weighted by molar-refractivity contribution is 14.0. The van der Waals surface area contributed by atoms with E-state index in [9.17, 15) is 9.32 Å². The quantitative estimate of drug-likeness (QED) is 0.321. The van der Waals surface area contributed by atoms with Crippen LogP contribution in [0.15, 0.2) is 23.2 Å². The number of halogens is 1. The topological polar surface area (TPSA) is 83.0 Å². The summed E-state index contributed by atoms with van der Waals surface area (Å²) < 4.78 is 17.3. The summed E-state index contributed by atoms with van der Waals surface area (Å²) in [6.07, 6.45) is 4.10. The van der Waals surface area contributed by atoms with Crippen molar-refractivity contribution in [3.63, 3.8) is 0 Å². The Bertz CT molecular complexity index is 628. The van der Waals surface area contributed by atoms with Crippen molar-refractivity contribution in [2.24, 2.45) is 4.99 Å².